The monoisotopic (exact) mass is 457 g/mol. The molecule has 2 N–H and O–H groups in total. The van der Waals surface area contributed by atoms with Gasteiger partial charge in [0.1, 0.15) is 5.82 Å². The van der Waals surface area contributed by atoms with E-state index >= 15 is 0 Å². The Labute approximate surface area is 155 Å². The minimum Gasteiger partial charge on any atom is -0.356 e. The molecule has 0 saturated heterocycles. The molecule has 0 atom stereocenters. The first-order chi connectivity index (χ1) is 10.2. The Morgan fingerprint density at radius 1 is 1.30 bits per heavy atom. The lowest BCUT2D eigenvalue weighted by Gasteiger charge is -2.24. The third kappa shape index (κ3) is 7.47. The zero-order valence-electron chi connectivity index (χ0n) is 13.9. The topological polar surface area (TPSA) is 70.6 Å². The smallest absolute Gasteiger partial charge is 0.191 e. The van der Waals surface area contributed by atoms with Crippen molar-refractivity contribution >= 4 is 39.8 Å². The summed E-state index contributed by atoms with van der Waals surface area (Å²) >= 11 is 0. The number of hydrogen-bond acceptors (Lipinski definition) is 3. The molecular weight excluding hydrogens is 432 g/mol. The van der Waals surface area contributed by atoms with Gasteiger partial charge in [0, 0.05) is 26.4 Å². The molecule has 0 aromatic heterocycles. The molecule has 23 heavy (non-hydrogen) atoms. The van der Waals surface area contributed by atoms with Gasteiger partial charge >= 0.3 is 0 Å². The molecule has 0 heterocycles. The van der Waals surface area contributed by atoms with E-state index in [4.69, 9.17) is 0 Å². The Kier molecular flexibility index (Phi) is 9.04. The van der Waals surface area contributed by atoms with Gasteiger partial charge in [-0.2, -0.15) is 0 Å². The molecule has 0 unspecified atom stereocenters. The lowest BCUT2D eigenvalue weighted by Crippen LogP contribution is -2.48. The van der Waals surface area contributed by atoms with Crippen LogP contribution < -0.4 is 10.6 Å². The van der Waals surface area contributed by atoms with Gasteiger partial charge in [0.2, 0.25) is 0 Å². The van der Waals surface area contributed by atoms with Crippen LogP contribution in [-0.2, 0) is 16.3 Å². The summed E-state index contributed by atoms with van der Waals surface area (Å²) in [6.45, 7) is 4.15. The fraction of sp³-hybridized carbons (Fsp3) is 0.533. The van der Waals surface area contributed by atoms with Crippen LogP contribution in [0.5, 0.6) is 0 Å². The van der Waals surface area contributed by atoms with Crippen LogP contribution in [0.1, 0.15) is 19.4 Å². The summed E-state index contributed by atoms with van der Waals surface area (Å²) in [5, 5.41) is 6.08. The highest BCUT2D eigenvalue weighted by Gasteiger charge is 2.30. The van der Waals surface area contributed by atoms with Crippen molar-refractivity contribution in [3.8, 4) is 0 Å². The Balaban J connectivity index is 0.00000484. The SMILES string of the molecule is CN=C(NCCc1cccc(F)c1)NCC(C)(C)S(C)(=O)=O.I. The minimum atomic E-state index is -3.16. The second-order valence-electron chi connectivity index (χ2n) is 5.76. The number of sulfone groups is 1. The molecule has 132 valence electrons. The molecule has 5 nitrogen and oxygen atoms in total. The number of nitrogens with one attached hydrogen (secondary N) is 2. The van der Waals surface area contributed by atoms with Gasteiger partial charge in [0.05, 0.1) is 4.75 Å². The van der Waals surface area contributed by atoms with Crippen molar-refractivity contribution in [2.24, 2.45) is 4.99 Å². The molecule has 1 aromatic carbocycles. The molecule has 0 aliphatic heterocycles. The van der Waals surface area contributed by atoms with E-state index in [-0.39, 0.29) is 36.3 Å². The fourth-order valence-electron chi connectivity index (χ4n) is 1.67. The average molecular weight is 457 g/mol. The molecule has 0 saturated carbocycles. The van der Waals surface area contributed by atoms with Gasteiger partial charge < -0.3 is 10.6 Å². The first kappa shape index (κ1) is 22.1. The van der Waals surface area contributed by atoms with Crippen molar-refractivity contribution in [3.05, 3.63) is 35.6 Å². The zero-order valence-corrected chi connectivity index (χ0v) is 17.0. The van der Waals surface area contributed by atoms with Gasteiger partial charge in [0.15, 0.2) is 15.8 Å². The summed E-state index contributed by atoms with van der Waals surface area (Å²) in [4.78, 5) is 4.05. The van der Waals surface area contributed by atoms with E-state index < -0.39 is 14.6 Å². The number of hydrogen-bond donors (Lipinski definition) is 2. The van der Waals surface area contributed by atoms with Crippen LogP contribution in [0.15, 0.2) is 29.3 Å². The van der Waals surface area contributed by atoms with E-state index in [1.807, 2.05) is 6.07 Å². The van der Waals surface area contributed by atoms with E-state index in [2.05, 4.69) is 15.6 Å². The third-order valence-corrected chi connectivity index (χ3v) is 5.66. The van der Waals surface area contributed by atoms with Crippen molar-refractivity contribution in [3.63, 3.8) is 0 Å². The molecular formula is C15H25FIN3O2S. The molecule has 0 radical (unpaired) electrons. The van der Waals surface area contributed by atoms with Gasteiger partial charge in [-0.25, -0.2) is 12.8 Å². The van der Waals surface area contributed by atoms with Gasteiger partial charge in [-0.05, 0) is 38.0 Å². The van der Waals surface area contributed by atoms with Gasteiger partial charge in [-0.15, -0.1) is 24.0 Å². The van der Waals surface area contributed by atoms with Crippen molar-refractivity contribution in [2.45, 2.75) is 25.0 Å². The van der Waals surface area contributed by atoms with E-state index in [1.165, 1.54) is 18.4 Å². The van der Waals surface area contributed by atoms with Crippen LogP contribution in [0.4, 0.5) is 4.39 Å². The van der Waals surface area contributed by atoms with Crippen molar-refractivity contribution in [1.29, 1.82) is 0 Å². The van der Waals surface area contributed by atoms with Crippen LogP contribution in [0.2, 0.25) is 0 Å². The molecule has 0 aliphatic rings. The van der Waals surface area contributed by atoms with Gasteiger partial charge in [-0.3, -0.25) is 4.99 Å². The molecule has 1 aromatic rings. The molecule has 1 rings (SSSR count). The number of rotatable bonds is 6. The van der Waals surface area contributed by atoms with Crippen LogP contribution in [0.3, 0.4) is 0 Å². The van der Waals surface area contributed by atoms with Gasteiger partial charge in [-0.1, -0.05) is 12.1 Å². The third-order valence-electron chi connectivity index (χ3n) is 3.50. The number of nitrogens with zero attached hydrogens (tertiary/aromatic N) is 1. The Morgan fingerprint density at radius 2 is 1.96 bits per heavy atom. The highest BCUT2D eigenvalue weighted by atomic mass is 127. The van der Waals surface area contributed by atoms with Crippen LogP contribution in [0, 0.1) is 5.82 Å². The summed E-state index contributed by atoms with van der Waals surface area (Å²) < 4.78 is 35.5. The molecule has 8 heteroatoms. The number of aliphatic imine (C=N–C) groups is 1. The predicted octanol–water partition coefficient (Wildman–Crippen LogP) is 1.97. The maximum Gasteiger partial charge on any atom is 0.191 e. The first-order valence-corrected chi connectivity index (χ1v) is 8.93. The van der Waals surface area contributed by atoms with E-state index in [0.29, 0.717) is 18.9 Å². The molecule has 0 amide bonds. The lowest BCUT2D eigenvalue weighted by molar-refractivity contribution is 0.544. The molecule has 0 fully saturated rings. The van der Waals surface area contributed by atoms with Gasteiger partial charge in [0.25, 0.3) is 0 Å². The quantitative estimate of drug-likeness (QED) is 0.390. The van der Waals surface area contributed by atoms with Crippen molar-refractivity contribution in [1.82, 2.24) is 10.6 Å². The summed E-state index contributed by atoms with van der Waals surface area (Å²) in [5.74, 6) is 0.267. The van der Waals surface area contributed by atoms with Crippen molar-refractivity contribution in [2.75, 3.05) is 26.4 Å². The first-order valence-electron chi connectivity index (χ1n) is 7.04. The standard InChI is InChI=1S/C15H24FN3O2S.HI/c1-15(2,22(4,20)21)11-19-14(17-3)18-9-8-12-6-5-7-13(16)10-12;/h5-7,10H,8-9,11H2,1-4H3,(H2,17,18,19);1H. The largest absolute Gasteiger partial charge is 0.356 e. The lowest BCUT2D eigenvalue weighted by atomic mass is 10.1. The number of benzene rings is 1. The summed E-state index contributed by atoms with van der Waals surface area (Å²) in [6.07, 6.45) is 1.86. The fourth-order valence-corrected chi connectivity index (χ4v) is 2.00. The summed E-state index contributed by atoms with van der Waals surface area (Å²) in [7, 11) is -1.55. The van der Waals surface area contributed by atoms with E-state index in [0.717, 1.165) is 5.56 Å². The second-order valence-corrected chi connectivity index (χ2v) is 8.41. The van der Waals surface area contributed by atoms with Crippen LogP contribution >= 0.6 is 24.0 Å². The Bertz CT molecular complexity index is 633. The highest BCUT2D eigenvalue weighted by molar-refractivity contribution is 14.0. The number of guanidine groups is 1. The Morgan fingerprint density at radius 3 is 2.48 bits per heavy atom. The maximum atomic E-state index is 13.1. The predicted molar refractivity (Wildman–Crippen MR) is 104 cm³/mol. The molecule has 0 spiro atoms. The average Bonchev–Trinajstić information content (AvgIpc) is 2.41. The number of halogens is 2. The van der Waals surface area contributed by atoms with Crippen molar-refractivity contribution < 1.29 is 12.8 Å². The van der Waals surface area contributed by atoms with E-state index in [1.54, 1.807) is 27.0 Å². The minimum absolute atomic E-state index is 0. The summed E-state index contributed by atoms with van der Waals surface area (Å²) in [6, 6.07) is 6.43. The van der Waals surface area contributed by atoms with E-state index in [9.17, 15) is 12.8 Å². The van der Waals surface area contributed by atoms with Crippen LogP contribution in [0.25, 0.3) is 0 Å². The molecule has 0 aliphatic carbocycles. The second kappa shape index (κ2) is 9.41. The molecule has 0 bridgehead atoms. The highest BCUT2D eigenvalue weighted by Crippen LogP contribution is 2.13. The Hall–Kier alpha value is -0.900. The zero-order chi connectivity index (χ0) is 16.8. The normalized spacial score (nSPS) is 12.5. The maximum absolute atomic E-state index is 13.1. The summed E-state index contributed by atoms with van der Waals surface area (Å²) in [5.41, 5.74) is 0.888. The van der Waals surface area contributed by atoms with Crippen LogP contribution in [-0.4, -0.2) is 45.5 Å².